The molecular weight excluding hydrogens is 188 g/mol. The van der Waals surface area contributed by atoms with Crippen LogP contribution >= 0.6 is 0 Å². The van der Waals surface area contributed by atoms with Gasteiger partial charge in [-0.1, -0.05) is 26.2 Å². The fraction of sp³-hybridized carbons (Fsp3) is 0.917. The maximum Gasteiger partial charge on any atom is 0.240 e. The average Bonchev–Trinajstić information content (AvgIpc) is 2.97. The third-order valence-electron chi connectivity index (χ3n) is 3.51. The molecule has 3 nitrogen and oxygen atoms in total. The molecule has 0 bridgehead atoms. The molecule has 2 fully saturated rings. The quantitative estimate of drug-likeness (QED) is 0.749. The molecule has 1 amide bonds. The molecular formula is C12H22N2O. The maximum absolute atomic E-state index is 11.9. The van der Waals surface area contributed by atoms with Gasteiger partial charge in [-0.2, -0.15) is 0 Å². The Morgan fingerprint density at radius 1 is 1.40 bits per heavy atom. The Kier molecular flexibility index (Phi) is 3.29. The number of nitrogens with zero attached hydrogens (tertiary/aromatic N) is 1. The summed E-state index contributed by atoms with van der Waals surface area (Å²) in [6.45, 7) is 5.11. The van der Waals surface area contributed by atoms with E-state index >= 15 is 0 Å². The normalized spacial score (nSPS) is 31.3. The van der Waals surface area contributed by atoms with Gasteiger partial charge in [-0.25, -0.2) is 0 Å². The van der Waals surface area contributed by atoms with Crippen LogP contribution in [0.15, 0.2) is 0 Å². The van der Waals surface area contributed by atoms with E-state index in [1.54, 1.807) is 0 Å². The molecule has 3 heteroatoms. The second kappa shape index (κ2) is 4.52. The molecule has 1 N–H and O–H groups in total. The largest absolute Gasteiger partial charge is 0.326 e. The predicted octanol–water partition coefficient (Wildman–Crippen LogP) is 1.73. The van der Waals surface area contributed by atoms with Crippen molar-refractivity contribution in [3.05, 3.63) is 0 Å². The predicted molar refractivity (Wildman–Crippen MR) is 60.3 cm³/mol. The van der Waals surface area contributed by atoms with Crippen LogP contribution in [0.25, 0.3) is 0 Å². The minimum absolute atomic E-state index is 0.0285. The zero-order chi connectivity index (χ0) is 10.8. The van der Waals surface area contributed by atoms with Crippen molar-refractivity contribution in [2.75, 3.05) is 6.54 Å². The summed E-state index contributed by atoms with van der Waals surface area (Å²) in [6.07, 6.45) is 6.49. The van der Waals surface area contributed by atoms with E-state index in [1.165, 1.54) is 19.3 Å². The van der Waals surface area contributed by atoms with Gasteiger partial charge in [-0.15, -0.1) is 0 Å². The highest BCUT2D eigenvalue weighted by atomic mass is 16.2. The van der Waals surface area contributed by atoms with Crippen LogP contribution in [-0.4, -0.2) is 29.6 Å². The van der Waals surface area contributed by atoms with E-state index in [0.717, 1.165) is 25.3 Å². The van der Waals surface area contributed by atoms with E-state index in [4.69, 9.17) is 0 Å². The molecule has 1 heterocycles. The summed E-state index contributed by atoms with van der Waals surface area (Å²) >= 11 is 0. The van der Waals surface area contributed by atoms with Crippen molar-refractivity contribution in [1.29, 1.82) is 0 Å². The molecule has 2 aliphatic rings. The van der Waals surface area contributed by atoms with Gasteiger partial charge in [0.25, 0.3) is 0 Å². The van der Waals surface area contributed by atoms with Crippen LogP contribution in [0.2, 0.25) is 0 Å². The second-order valence-electron chi connectivity index (χ2n) is 4.96. The molecule has 0 spiro atoms. The minimum Gasteiger partial charge on any atom is -0.326 e. The van der Waals surface area contributed by atoms with Crippen LogP contribution in [0.3, 0.4) is 0 Å². The van der Waals surface area contributed by atoms with E-state index in [0.29, 0.717) is 12.1 Å². The van der Waals surface area contributed by atoms with Crippen LogP contribution < -0.4 is 5.32 Å². The average molecular weight is 210 g/mol. The fourth-order valence-electron chi connectivity index (χ4n) is 2.36. The monoisotopic (exact) mass is 210 g/mol. The second-order valence-corrected chi connectivity index (χ2v) is 4.96. The summed E-state index contributed by atoms with van der Waals surface area (Å²) in [6, 6.07) is 0.0285. The number of amides is 1. The van der Waals surface area contributed by atoms with Crippen molar-refractivity contribution < 1.29 is 4.79 Å². The van der Waals surface area contributed by atoms with Crippen molar-refractivity contribution >= 4 is 5.91 Å². The number of hydrogen-bond acceptors (Lipinski definition) is 2. The van der Waals surface area contributed by atoms with Gasteiger partial charge in [-0.05, 0) is 25.7 Å². The minimum atomic E-state index is 0.0285. The van der Waals surface area contributed by atoms with Gasteiger partial charge < -0.3 is 4.90 Å². The Balaban J connectivity index is 1.87. The zero-order valence-corrected chi connectivity index (χ0v) is 9.83. The van der Waals surface area contributed by atoms with Crippen LogP contribution in [0, 0.1) is 5.92 Å². The van der Waals surface area contributed by atoms with Crippen LogP contribution in [-0.2, 0) is 4.79 Å². The number of carbonyl (C=O) groups excluding carboxylic acids is 1. The fourth-order valence-corrected chi connectivity index (χ4v) is 2.36. The van der Waals surface area contributed by atoms with Crippen molar-refractivity contribution in [2.24, 2.45) is 5.92 Å². The smallest absolute Gasteiger partial charge is 0.240 e. The van der Waals surface area contributed by atoms with Gasteiger partial charge in [0.15, 0.2) is 0 Å². The Morgan fingerprint density at radius 3 is 2.73 bits per heavy atom. The molecule has 0 aromatic carbocycles. The molecule has 0 aromatic rings. The van der Waals surface area contributed by atoms with Gasteiger partial charge in [0.05, 0.1) is 12.2 Å². The third-order valence-corrected chi connectivity index (χ3v) is 3.51. The molecule has 2 rings (SSSR count). The lowest BCUT2D eigenvalue weighted by Crippen LogP contribution is -2.38. The standard InChI is InChI=1S/C12H22N2O/c1-3-4-11-13-9(2)12(15)14(11)8-7-10-5-6-10/h9-11,13H,3-8H2,1-2H3. The molecule has 2 atom stereocenters. The highest BCUT2D eigenvalue weighted by Gasteiger charge is 2.36. The van der Waals surface area contributed by atoms with Gasteiger partial charge >= 0.3 is 0 Å². The van der Waals surface area contributed by atoms with Gasteiger partial charge in [0.1, 0.15) is 0 Å². The van der Waals surface area contributed by atoms with Crippen molar-refractivity contribution in [3.63, 3.8) is 0 Å². The topological polar surface area (TPSA) is 32.3 Å². The number of hydrogen-bond donors (Lipinski definition) is 1. The first-order chi connectivity index (χ1) is 7.22. The summed E-state index contributed by atoms with van der Waals surface area (Å²) in [5.74, 6) is 1.21. The first-order valence-electron chi connectivity index (χ1n) is 6.29. The Morgan fingerprint density at radius 2 is 2.13 bits per heavy atom. The zero-order valence-electron chi connectivity index (χ0n) is 9.83. The summed E-state index contributed by atoms with van der Waals surface area (Å²) in [5, 5.41) is 3.38. The molecule has 1 aliphatic carbocycles. The molecule has 1 saturated carbocycles. The molecule has 2 unspecified atom stereocenters. The third kappa shape index (κ3) is 2.51. The van der Waals surface area contributed by atoms with Crippen LogP contribution in [0.1, 0.15) is 46.0 Å². The van der Waals surface area contributed by atoms with Gasteiger partial charge in [0.2, 0.25) is 5.91 Å². The van der Waals surface area contributed by atoms with Gasteiger partial charge in [0, 0.05) is 6.54 Å². The summed E-state index contributed by atoms with van der Waals surface area (Å²) < 4.78 is 0. The van der Waals surface area contributed by atoms with Crippen LogP contribution in [0.4, 0.5) is 0 Å². The summed E-state index contributed by atoms with van der Waals surface area (Å²) in [4.78, 5) is 13.9. The van der Waals surface area contributed by atoms with E-state index in [1.807, 2.05) is 6.92 Å². The maximum atomic E-state index is 11.9. The van der Waals surface area contributed by atoms with Crippen molar-refractivity contribution in [3.8, 4) is 0 Å². The van der Waals surface area contributed by atoms with Gasteiger partial charge in [-0.3, -0.25) is 10.1 Å². The Hall–Kier alpha value is -0.570. The Labute approximate surface area is 92.2 Å². The number of nitrogens with one attached hydrogen (secondary N) is 1. The molecule has 0 aromatic heterocycles. The summed E-state index contributed by atoms with van der Waals surface area (Å²) in [5.41, 5.74) is 0. The molecule has 1 saturated heterocycles. The van der Waals surface area contributed by atoms with Crippen molar-refractivity contribution in [2.45, 2.75) is 58.2 Å². The number of rotatable bonds is 5. The molecule has 86 valence electrons. The molecule has 1 aliphatic heterocycles. The highest BCUT2D eigenvalue weighted by Crippen LogP contribution is 2.33. The molecule has 15 heavy (non-hydrogen) atoms. The lowest BCUT2D eigenvalue weighted by molar-refractivity contribution is -0.129. The van der Waals surface area contributed by atoms with E-state index in [-0.39, 0.29) is 6.04 Å². The lowest BCUT2D eigenvalue weighted by Gasteiger charge is -2.23. The highest BCUT2D eigenvalue weighted by molar-refractivity contribution is 5.83. The van der Waals surface area contributed by atoms with Crippen molar-refractivity contribution in [1.82, 2.24) is 10.2 Å². The first-order valence-corrected chi connectivity index (χ1v) is 6.29. The summed E-state index contributed by atoms with van der Waals surface area (Å²) in [7, 11) is 0. The van der Waals surface area contributed by atoms with Crippen LogP contribution in [0.5, 0.6) is 0 Å². The first kappa shape index (κ1) is 10.9. The Bertz CT molecular complexity index is 238. The lowest BCUT2D eigenvalue weighted by atomic mass is 10.2. The van der Waals surface area contributed by atoms with E-state index < -0.39 is 0 Å². The SMILES string of the molecule is CCCC1NC(C)C(=O)N1CCC1CC1. The van der Waals surface area contributed by atoms with E-state index in [2.05, 4.69) is 17.1 Å². The number of carbonyl (C=O) groups is 1. The van der Waals surface area contributed by atoms with E-state index in [9.17, 15) is 4.79 Å². The molecule has 0 radical (unpaired) electrons.